The highest BCUT2D eigenvalue weighted by Crippen LogP contribution is 2.29. The van der Waals surface area contributed by atoms with Crippen molar-refractivity contribution in [1.82, 2.24) is 10.1 Å². The number of nitrogens with zero attached hydrogens (tertiary/aromatic N) is 2. The first-order chi connectivity index (χ1) is 15.1. The average Bonchev–Trinajstić information content (AvgIpc) is 3.29. The van der Waals surface area contributed by atoms with Crippen molar-refractivity contribution in [2.75, 3.05) is 19.0 Å². The van der Waals surface area contributed by atoms with Crippen molar-refractivity contribution in [2.24, 2.45) is 0 Å². The first-order valence-electron chi connectivity index (χ1n) is 9.39. The number of methoxy groups -OCH3 is 1. The van der Waals surface area contributed by atoms with Crippen LogP contribution in [0.3, 0.4) is 0 Å². The Morgan fingerprint density at radius 3 is 2.55 bits per heavy atom. The highest BCUT2D eigenvalue weighted by atomic mass is 35.5. The van der Waals surface area contributed by atoms with Crippen LogP contribution in [0.2, 0.25) is 5.02 Å². The molecule has 0 saturated heterocycles. The minimum absolute atomic E-state index is 0.195. The number of amides is 1. The zero-order valence-electron chi connectivity index (χ0n) is 16.5. The first-order valence-corrected chi connectivity index (χ1v) is 9.76. The van der Waals surface area contributed by atoms with E-state index in [0.717, 1.165) is 11.3 Å². The molecule has 31 heavy (non-hydrogen) atoms. The second kappa shape index (κ2) is 9.32. The maximum absolute atomic E-state index is 12.4. The van der Waals surface area contributed by atoms with Crippen LogP contribution in [0.15, 0.2) is 77.3 Å². The molecular formula is C23H18ClN3O4. The number of ether oxygens (including phenoxy) is 2. The van der Waals surface area contributed by atoms with Gasteiger partial charge in [0.15, 0.2) is 6.61 Å². The van der Waals surface area contributed by atoms with E-state index >= 15 is 0 Å². The van der Waals surface area contributed by atoms with Crippen LogP contribution in [-0.4, -0.2) is 29.8 Å². The van der Waals surface area contributed by atoms with Gasteiger partial charge in [-0.2, -0.15) is 4.98 Å². The Kier molecular flexibility index (Phi) is 6.14. The van der Waals surface area contributed by atoms with Gasteiger partial charge < -0.3 is 19.3 Å². The number of hydrogen-bond acceptors (Lipinski definition) is 6. The molecule has 0 aliphatic rings. The summed E-state index contributed by atoms with van der Waals surface area (Å²) in [4.78, 5) is 16.9. The van der Waals surface area contributed by atoms with E-state index in [1.165, 1.54) is 0 Å². The van der Waals surface area contributed by atoms with E-state index in [-0.39, 0.29) is 18.4 Å². The summed E-state index contributed by atoms with van der Waals surface area (Å²) >= 11 is 6.05. The lowest BCUT2D eigenvalue weighted by molar-refractivity contribution is -0.118. The van der Waals surface area contributed by atoms with Crippen molar-refractivity contribution in [2.45, 2.75) is 0 Å². The summed E-state index contributed by atoms with van der Waals surface area (Å²) in [5.74, 6) is 1.55. The summed E-state index contributed by atoms with van der Waals surface area (Å²) in [6.07, 6.45) is 0. The fraction of sp³-hybridized carbons (Fsp3) is 0.0870. The van der Waals surface area contributed by atoms with E-state index in [1.807, 2.05) is 30.3 Å². The average molecular weight is 436 g/mol. The van der Waals surface area contributed by atoms with Gasteiger partial charge in [0.1, 0.15) is 11.5 Å². The van der Waals surface area contributed by atoms with Gasteiger partial charge in [0, 0.05) is 5.56 Å². The number of para-hydroxylation sites is 2. The molecule has 0 bridgehead atoms. The largest absolute Gasteiger partial charge is 0.497 e. The van der Waals surface area contributed by atoms with Gasteiger partial charge in [-0.15, -0.1) is 0 Å². The summed E-state index contributed by atoms with van der Waals surface area (Å²) in [6.45, 7) is -0.195. The van der Waals surface area contributed by atoms with Crippen molar-refractivity contribution < 1.29 is 18.8 Å². The Morgan fingerprint density at radius 2 is 1.77 bits per heavy atom. The molecule has 0 spiro atoms. The van der Waals surface area contributed by atoms with Crippen molar-refractivity contribution in [3.63, 3.8) is 0 Å². The molecule has 8 heteroatoms. The number of carbonyl (C=O) groups excluding carboxylic acids is 1. The summed E-state index contributed by atoms with van der Waals surface area (Å²) in [6, 6.07) is 21.4. The summed E-state index contributed by atoms with van der Waals surface area (Å²) in [5, 5.41) is 7.29. The van der Waals surface area contributed by atoms with E-state index in [9.17, 15) is 4.79 Å². The molecule has 0 radical (unpaired) electrons. The molecule has 3 aromatic carbocycles. The van der Waals surface area contributed by atoms with Crippen molar-refractivity contribution in [3.05, 3.63) is 77.8 Å². The summed E-state index contributed by atoms with van der Waals surface area (Å²) in [7, 11) is 1.60. The number of rotatable bonds is 7. The molecule has 1 N–H and O–H groups in total. The molecule has 0 saturated carbocycles. The van der Waals surface area contributed by atoms with Crippen LogP contribution >= 0.6 is 11.6 Å². The first kappa shape index (κ1) is 20.4. The molecule has 0 unspecified atom stereocenters. The van der Waals surface area contributed by atoms with Gasteiger partial charge in [0.2, 0.25) is 5.82 Å². The number of anilines is 1. The highest BCUT2D eigenvalue weighted by Gasteiger charge is 2.16. The number of benzene rings is 3. The van der Waals surface area contributed by atoms with Crippen molar-refractivity contribution >= 4 is 23.2 Å². The lowest BCUT2D eigenvalue weighted by Crippen LogP contribution is -2.20. The highest BCUT2D eigenvalue weighted by molar-refractivity contribution is 6.32. The van der Waals surface area contributed by atoms with Crippen LogP contribution in [0.25, 0.3) is 22.8 Å². The molecule has 1 heterocycles. The second-order valence-electron chi connectivity index (χ2n) is 6.46. The second-order valence-corrected chi connectivity index (χ2v) is 6.87. The van der Waals surface area contributed by atoms with Crippen LogP contribution in [0.1, 0.15) is 0 Å². The van der Waals surface area contributed by atoms with Crippen LogP contribution < -0.4 is 14.8 Å². The number of nitrogens with one attached hydrogen (secondary N) is 1. The molecule has 4 rings (SSSR count). The molecule has 7 nitrogen and oxygen atoms in total. The molecule has 1 amide bonds. The van der Waals surface area contributed by atoms with E-state index in [1.54, 1.807) is 49.6 Å². The van der Waals surface area contributed by atoms with Gasteiger partial charge in [-0.25, -0.2) is 0 Å². The third-order valence-electron chi connectivity index (χ3n) is 4.40. The van der Waals surface area contributed by atoms with E-state index in [0.29, 0.717) is 27.8 Å². The predicted molar refractivity (Wildman–Crippen MR) is 117 cm³/mol. The predicted octanol–water partition coefficient (Wildman–Crippen LogP) is 5.08. The quantitative estimate of drug-likeness (QED) is 0.435. The normalized spacial score (nSPS) is 10.5. The van der Waals surface area contributed by atoms with E-state index in [4.69, 9.17) is 25.6 Å². The third-order valence-corrected chi connectivity index (χ3v) is 4.71. The molecule has 0 aliphatic carbocycles. The Hall–Kier alpha value is -3.84. The Balaban J connectivity index is 1.49. The van der Waals surface area contributed by atoms with Gasteiger partial charge in [-0.1, -0.05) is 41.0 Å². The lowest BCUT2D eigenvalue weighted by Gasteiger charge is -2.10. The topological polar surface area (TPSA) is 86.5 Å². The number of hydrogen-bond donors (Lipinski definition) is 1. The molecular weight excluding hydrogens is 418 g/mol. The molecule has 156 valence electrons. The number of carbonyl (C=O) groups is 1. The van der Waals surface area contributed by atoms with Gasteiger partial charge >= 0.3 is 0 Å². The standard InChI is InChI=1S/C23H18ClN3O4/c1-29-16-12-10-15(11-13-16)22-26-23(31-27-22)17-6-2-4-8-19(17)25-21(28)14-30-20-9-5-3-7-18(20)24/h2-13H,14H2,1H3,(H,25,28). The van der Waals surface area contributed by atoms with Crippen molar-refractivity contribution in [1.29, 1.82) is 0 Å². The van der Waals surface area contributed by atoms with Gasteiger partial charge in [-0.05, 0) is 48.5 Å². The number of halogens is 1. The van der Waals surface area contributed by atoms with Gasteiger partial charge in [-0.3, -0.25) is 4.79 Å². The fourth-order valence-corrected chi connectivity index (χ4v) is 3.05. The summed E-state index contributed by atoms with van der Waals surface area (Å²) in [5.41, 5.74) is 1.91. The van der Waals surface area contributed by atoms with Gasteiger partial charge in [0.05, 0.1) is 23.4 Å². The summed E-state index contributed by atoms with van der Waals surface area (Å²) < 4.78 is 16.1. The molecule has 0 fully saturated rings. The van der Waals surface area contributed by atoms with E-state index in [2.05, 4.69) is 15.5 Å². The Labute approximate surface area is 183 Å². The Bertz CT molecular complexity index is 1190. The van der Waals surface area contributed by atoms with Crippen LogP contribution in [-0.2, 0) is 4.79 Å². The van der Waals surface area contributed by atoms with Gasteiger partial charge in [0.25, 0.3) is 11.8 Å². The third kappa shape index (κ3) is 4.84. The molecule has 0 aliphatic heterocycles. The van der Waals surface area contributed by atoms with Crippen LogP contribution in [0.4, 0.5) is 5.69 Å². The maximum atomic E-state index is 12.4. The molecule has 0 atom stereocenters. The smallest absolute Gasteiger partial charge is 0.262 e. The minimum Gasteiger partial charge on any atom is -0.497 e. The monoisotopic (exact) mass is 435 g/mol. The zero-order valence-corrected chi connectivity index (χ0v) is 17.3. The molecule has 4 aromatic rings. The minimum atomic E-state index is -0.345. The lowest BCUT2D eigenvalue weighted by atomic mass is 10.1. The SMILES string of the molecule is COc1ccc(-c2noc(-c3ccccc3NC(=O)COc3ccccc3Cl)n2)cc1. The maximum Gasteiger partial charge on any atom is 0.262 e. The van der Waals surface area contributed by atoms with Crippen LogP contribution in [0.5, 0.6) is 11.5 Å². The fourth-order valence-electron chi connectivity index (χ4n) is 2.86. The zero-order chi connectivity index (χ0) is 21.6. The van der Waals surface area contributed by atoms with E-state index < -0.39 is 0 Å². The van der Waals surface area contributed by atoms with Crippen molar-refractivity contribution in [3.8, 4) is 34.3 Å². The van der Waals surface area contributed by atoms with Crippen LogP contribution in [0, 0.1) is 0 Å². The number of aromatic nitrogens is 2. The molecule has 1 aromatic heterocycles. The Morgan fingerprint density at radius 1 is 1.03 bits per heavy atom.